The minimum Gasteiger partial charge on any atom is -0.489 e. The second-order valence-electron chi connectivity index (χ2n) is 8.59. The fourth-order valence-corrected chi connectivity index (χ4v) is 4.77. The van der Waals surface area contributed by atoms with Gasteiger partial charge in [0.1, 0.15) is 17.7 Å². The number of nitrogens with one attached hydrogen (secondary N) is 1. The van der Waals surface area contributed by atoms with Crippen LogP contribution in [0, 0.1) is 5.82 Å². The van der Waals surface area contributed by atoms with Crippen molar-refractivity contribution in [1.29, 1.82) is 0 Å². The Hall–Kier alpha value is -2.16. The topological polar surface area (TPSA) is 75.7 Å². The Labute approximate surface area is 192 Å². The number of rotatable bonds is 7. The Bertz CT molecular complexity index is 1120. The van der Waals surface area contributed by atoms with Crippen LogP contribution in [0.1, 0.15) is 53.1 Å². The van der Waals surface area contributed by atoms with Gasteiger partial charge in [-0.1, -0.05) is 23.7 Å². The number of benzene rings is 2. The van der Waals surface area contributed by atoms with Gasteiger partial charge in [0.25, 0.3) is 5.91 Å². The highest BCUT2D eigenvalue weighted by Crippen LogP contribution is 2.45. The van der Waals surface area contributed by atoms with Crippen LogP contribution in [0.2, 0.25) is 5.02 Å². The van der Waals surface area contributed by atoms with Gasteiger partial charge in [-0.05, 0) is 67.5 Å². The van der Waals surface area contributed by atoms with Crippen molar-refractivity contribution in [3.8, 4) is 5.75 Å². The molecule has 9 heteroatoms. The Morgan fingerprint density at radius 2 is 2.03 bits per heavy atom. The smallest absolute Gasteiger partial charge is 0.267 e. The number of nitrogens with zero attached hydrogens (tertiary/aromatic N) is 1. The van der Waals surface area contributed by atoms with Crippen molar-refractivity contribution < 1.29 is 22.3 Å². The molecule has 1 saturated carbocycles. The molecular formula is C23H26ClFN2O4S. The molecule has 1 amide bonds. The normalized spacial score (nSPS) is 19.5. The van der Waals surface area contributed by atoms with Gasteiger partial charge in [0.05, 0.1) is 11.8 Å². The third-order valence-electron chi connectivity index (χ3n) is 5.69. The van der Waals surface area contributed by atoms with Crippen LogP contribution in [0.5, 0.6) is 5.75 Å². The van der Waals surface area contributed by atoms with Crippen LogP contribution >= 0.6 is 11.6 Å². The summed E-state index contributed by atoms with van der Waals surface area (Å²) in [7, 11) is -3.78. The fraction of sp³-hybridized carbons (Fsp3) is 0.435. The van der Waals surface area contributed by atoms with E-state index in [9.17, 15) is 17.6 Å². The van der Waals surface area contributed by atoms with Gasteiger partial charge < -0.3 is 4.74 Å². The zero-order chi connectivity index (χ0) is 22.9. The number of halogens is 2. The standard InChI is InChI=1S/C23H26ClFN2O4S/c1-32(29,30)26-23(28)20-11-19(16-7-8-16)22(12-21(20)25)31-18-6-3-9-27(14-18)13-15-4-2-5-17(24)10-15/h2,4-5,10-12,16,18H,3,6-9,13-14H2,1H3,(H,26,28)/t18-/m1/s1. The van der Waals surface area contributed by atoms with Gasteiger partial charge in [-0.2, -0.15) is 0 Å². The SMILES string of the molecule is CS(=O)(=O)NC(=O)c1cc(C2CC2)c(O[C@@H]2CCCN(Cc3cccc(Cl)c3)C2)cc1F. The van der Waals surface area contributed by atoms with E-state index in [0.29, 0.717) is 17.3 Å². The number of hydrogen-bond acceptors (Lipinski definition) is 5. The van der Waals surface area contributed by atoms with Crippen LogP contribution < -0.4 is 9.46 Å². The number of hydrogen-bond donors (Lipinski definition) is 1. The highest BCUT2D eigenvalue weighted by atomic mass is 35.5. The van der Waals surface area contributed by atoms with Gasteiger partial charge >= 0.3 is 0 Å². The molecule has 0 spiro atoms. The van der Waals surface area contributed by atoms with E-state index in [1.54, 1.807) is 0 Å². The summed E-state index contributed by atoms with van der Waals surface area (Å²) in [5.41, 5.74) is 1.61. The summed E-state index contributed by atoms with van der Waals surface area (Å²) in [5.74, 6) is -1.13. The Balaban J connectivity index is 1.49. The number of piperidine rings is 1. The Kier molecular flexibility index (Phi) is 6.74. The monoisotopic (exact) mass is 480 g/mol. The first kappa shape index (κ1) is 23.0. The van der Waals surface area contributed by atoms with E-state index in [1.807, 2.05) is 29.0 Å². The average Bonchev–Trinajstić information content (AvgIpc) is 3.52. The van der Waals surface area contributed by atoms with Crippen LogP contribution in [0.15, 0.2) is 36.4 Å². The third-order valence-corrected chi connectivity index (χ3v) is 6.48. The van der Waals surface area contributed by atoms with Crippen molar-refractivity contribution in [2.45, 2.75) is 44.2 Å². The molecule has 2 aliphatic rings. The number of likely N-dealkylation sites (tertiary alicyclic amines) is 1. The first-order chi connectivity index (χ1) is 15.2. The molecule has 172 valence electrons. The number of carbonyl (C=O) groups excluding carboxylic acids is 1. The summed E-state index contributed by atoms with van der Waals surface area (Å²) < 4.78 is 45.6. The van der Waals surface area contributed by atoms with Crippen LogP contribution in [0.3, 0.4) is 0 Å². The minimum absolute atomic E-state index is 0.101. The number of ether oxygens (including phenoxy) is 1. The van der Waals surface area contributed by atoms with Crippen LogP contribution in [-0.4, -0.2) is 44.7 Å². The van der Waals surface area contributed by atoms with E-state index in [0.717, 1.165) is 56.2 Å². The van der Waals surface area contributed by atoms with Crippen molar-refractivity contribution in [3.63, 3.8) is 0 Å². The summed E-state index contributed by atoms with van der Waals surface area (Å²) in [4.78, 5) is 14.5. The first-order valence-electron chi connectivity index (χ1n) is 10.7. The summed E-state index contributed by atoms with van der Waals surface area (Å²) >= 11 is 6.10. The number of amides is 1. The predicted molar refractivity (Wildman–Crippen MR) is 121 cm³/mol. The molecule has 1 aliphatic heterocycles. The zero-order valence-electron chi connectivity index (χ0n) is 17.8. The van der Waals surface area contributed by atoms with Crippen molar-refractivity contribution in [2.24, 2.45) is 0 Å². The van der Waals surface area contributed by atoms with E-state index in [4.69, 9.17) is 16.3 Å². The molecule has 4 rings (SSSR count). The van der Waals surface area contributed by atoms with Gasteiger partial charge in [-0.15, -0.1) is 0 Å². The lowest BCUT2D eigenvalue weighted by molar-refractivity contribution is 0.0832. The molecule has 1 aliphatic carbocycles. The highest BCUT2D eigenvalue weighted by Gasteiger charge is 2.31. The molecule has 2 aromatic carbocycles. The maximum absolute atomic E-state index is 14.7. The lowest BCUT2D eigenvalue weighted by Crippen LogP contribution is -2.40. The first-order valence-corrected chi connectivity index (χ1v) is 12.9. The fourth-order valence-electron chi connectivity index (χ4n) is 4.11. The van der Waals surface area contributed by atoms with Crippen molar-refractivity contribution in [3.05, 3.63) is 63.9 Å². The second-order valence-corrected chi connectivity index (χ2v) is 10.8. The second kappa shape index (κ2) is 9.37. The van der Waals surface area contributed by atoms with Crippen molar-refractivity contribution in [1.82, 2.24) is 9.62 Å². The lowest BCUT2D eigenvalue weighted by Gasteiger charge is -2.33. The van der Waals surface area contributed by atoms with E-state index in [2.05, 4.69) is 4.90 Å². The average molecular weight is 481 g/mol. The molecule has 1 heterocycles. The zero-order valence-corrected chi connectivity index (χ0v) is 19.4. The predicted octanol–water partition coefficient (Wildman–Crippen LogP) is 4.09. The molecule has 0 radical (unpaired) electrons. The quantitative estimate of drug-likeness (QED) is 0.646. The molecule has 1 atom stereocenters. The summed E-state index contributed by atoms with van der Waals surface area (Å²) in [6, 6.07) is 10.4. The largest absolute Gasteiger partial charge is 0.489 e. The third kappa shape index (κ3) is 5.99. The van der Waals surface area contributed by atoms with Crippen LogP contribution in [0.4, 0.5) is 4.39 Å². The molecule has 0 unspecified atom stereocenters. The van der Waals surface area contributed by atoms with Crippen LogP contribution in [0.25, 0.3) is 0 Å². The summed E-state index contributed by atoms with van der Waals surface area (Å²) in [5, 5.41) is 0.705. The van der Waals surface area contributed by atoms with Gasteiger partial charge in [-0.25, -0.2) is 17.5 Å². The summed E-state index contributed by atoms with van der Waals surface area (Å²) in [6.45, 7) is 2.41. The molecule has 32 heavy (non-hydrogen) atoms. The molecule has 0 bridgehead atoms. The van der Waals surface area contributed by atoms with Crippen molar-refractivity contribution in [2.75, 3.05) is 19.3 Å². The van der Waals surface area contributed by atoms with E-state index >= 15 is 0 Å². The molecule has 0 aromatic heterocycles. The molecular weight excluding hydrogens is 455 g/mol. The molecule has 6 nitrogen and oxygen atoms in total. The maximum Gasteiger partial charge on any atom is 0.267 e. The molecule has 1 N–H and O–H groups in total. The summed E-state index contributed by atoms with van der Waals surface area (Å²) in [6.07, 6.45) is 4.44. The maximum atomic E-state index is 14.7. The van der Waals surface area contributed by atoms with E-state index in [-0.39, 0.29) is 17.6 Å². The Morgan fingerprint density at radius 1 is 1.25 bits per heavy atom. The lowest BCUT2D eigenvalue weighted by atomic mass is 10.0. The number of sulfonamides is 1. The van der Waals surface area contributed by atoms with Crippen molar-refractivity contribution >= 4 is 27.5 Å². The van der Waals surface area contributed by atoms with Gasteiger partial charge in [0.2, 0.25) is 10.0 Å². The van der Waals surface area contributed by atoms with Gasteiger partial charge in [0.15, 0.2) is 0 Å². The van der Waals surface area contributed by atoms with Crippen LogP contribution in [-0.2, 0) is 16.6 Å². The molecule has 2 aromatic rings. The minimum atomic E-state index is -3.78. The highest BCUT2D eigenvalue weighted by molar-refractivity contribution is 7.89. The van der Waals surface area contributed by atoms with Gasteiger partial charge in [0, 0.05) is 24.2 Å². The molecule has 1 saturated heterocycles. The Morgan fingerprint density at radius 3 is 2.72 bits per heavy atom. The number of carbonyl (C=O) groups is 1. The molecule has 2 fully saturated rings. The van der Waals surface area contributed by atoms with E-state index < -0.39 is 21.7 Å². The van der Waals surface area contributed by atoms with Gasteiger partial charge in [-0.3, -0.25) is 9.69 Å². The van der Waals surface area contributed by atoms with E-state index in [1.165, 1.54) is 12.1 Å².